The topological polar surface area (TPSA) is 97.4 Å². The lowest BCUT2D eigenvalue weighted by Crippen LogP contribution is -2.32. The van der Waals surface area contributed by atoms with Gasteiger partial charge in [-0.25, -0.2) is 13.1 Å². The van der Waals surface area contributed by atoms with Gasteiger partial charge in [0.25, 0.3) is 5.91 Å². The fourth-order valence-corrected chi connectivity index (χ4v) is 4.93. The number of anilines is 1. The number of pyridine rings is 1. The predicted molar refractivity (Wildman–Crippen MR) is 115 cm³/mol. The number of nitrogens with one attached hydrogen (secondary N) is 2. The Morgan fingerprint density at radius 1 is 1.20 bits per heavy atom. The van der Waals surface area contributed by atoms with E-state index in [1.807, 2.05) is 12.1 Å². The van der Waals surface area contributed by atoms with Crippen LogP contribution >= 0.6 is 11.6 Å². The Labute approximate surface area is 179 Å². The van der Waals surface area contributed by atoms with E-state index in [0.717, 1.165) is 23.7 Å². The second-order valence-electron chi connectivity index (χ2n) is 6.96. The van der Waals surface area contributed by atoms with E-state index in [1.54, 1.807) is 24.4 Å². The smallest absolute Gasteiger partial charge is 0.255 e. The number of hydrogen-bond acceptors (Lipinski definition) is 5. The van der Waals surface area contributed by atoms with Crippen LogP contribution in [0.15, 0.2) is 59.6 Å². The molecule has 1 aromatic heterocycles. The van der Waals surface area contributed by atoms with Gasteiger partial charge in [-0.1, -0.05) is 17.7 Å². The highest BCUT2D eigenvalue weighted by Gasteiger charge is 2.23. The fraction of sp³-hybridized carbons (Fsp3) is 0.238. The van der Waals surface area contributed by atoms with Gasteiger partial charge >= 0.3 is 0 Å². The Morgan fingerprint density at radius 2 is 2.07 bits per heavy atom. The molecule has 156 valence electrons. The van der Waals surface area contributed by atoms with Gasteiger partial charge in [-0.15, -0.1) is 0 Å². The number of amides is 1. The molecule has 2 aromatic carbocycles. The van der Waals surface area contributed by atoms with Crippen molar-refractivity contribution in [1.82, 2.24) is 9.71 Å². The van der Waals surface area contributed by atoms with Crippen LogP contribution in [-0.4, -0.2) is 38.6 Å². The van der Waals surface area contributed by atoms with Crippen LogP contribution in [0, 0.1) is 0 Å². The van der Waals surface area contributed by atoms with E-state index in [-0.39, 0.29) is 28.1 Å². The van der Waals surface area contributed by atoms with Crippen molar-refractivity contribution >= 4 is 44.1 Å². The van der Waals surface area contributed by atoms with Crippen molar-refractivity contribution in [3.05, 3.63) is 65.3 Å². The predicted octanol–water partition coefficient (Wildman–Crippen LogP) is 3.60. The fourth-order valence-electron chi connectivity index (χ4n) is 3.34. The molecule has 1 amide bonds. The van der Waals surface area contributed by atoms with Crippen molar-refractivity contribution in [2.24, 2.45) is 0 Å². The van der Waals surface area contributed by atoms with Crippen molar-refractivity contribution in [2.75, 3.05) is 18.5 Å². The molecule has 0 radical (unpaired) electrons. The Kier molecular flexibility index (Phi) is 6.01. The van der Waals surface area contributed by atoms with Crippen molar-refractivity contribution in [1.29, 1.82) is 0 Å². The van der Waals surface area contributed by atoms with E-state index >= 15 is 0 Å². The quantitative estimate of drug-likeness (QED) is 0.604. The van der Waals surface area contributed by atoms with Crippen LogP contribution in [0.25, 0.3) is 10.9 Å². The van der Waals surface area contributed by atoms with Gasteiger partial charge in [-0.2, -0.15) is 0 Å². The number of benzene rings is 2. The molecule has 0 spiro atoms. The van der Waals surface area contributed by atoms with Crippen LogP contribution in [0.5, 0.6) is 0 Å². The number of fused-ring (bicyclic) bond motifs is 1. The Balaban J connectivity index is 1.56. The first kappa shape index (κ1) is 20.7. The Morgan fingerprint density at radius 3 is 2.87 bits per heavy atom. The van der Waals surface area contributed by atoms with E-state index in [2.05, 4.69) is 15.0 Å². The number of carbonyl (C=O) groups excluding carboxylic acids is 1. The van der Waals surface area contributed by atoms with Gasteiger partial charge in [-0.3, -0.25) is 9.78 Å². The zero-order chi connectivity index (χ0) is 21.1. The molecular formula is C21H20ClN3O4S. The van der Waals surface area contributed by atoms with E-state index < -0.39 is 15.9 Å². The van der Waals surface area contributed by atoms with Gasteiger partial charge in [0.15, 0.2) is 0 Å². The number of ether oxygens (including phenoxy) is 1. The first-order valence-corrected chi connectivity index (χ1v) is 11.4. The second kappa shape index (κ2) is 8.69. The maximum atomic E-state index is 12.8. The molecule has 2 N–H and O–H groups in total. The molecule has 2 heterocycles. The number of nitrogens with zero attached hydrogens (tertiary/aromatic N) is 1. The summed E-state index contributed by atoms with van der Waals surface area (Å²) in [7, 11) is -3.89. The molecule has 30 heavy (non-hydrogen) atoms. The molecule has 1 fully saturated rings. The summed E-state index contributed by atoms with van der Waals surface area (Å²) in [6, 6.07) is 13.2. The zero-order valence-corrected chi connectivity index (χ0v) is 17.5. The molecule has 4 rings (SSSR count). The maximum Gasteiger partial charge on any atom is 0.255 e. The molecule has 1 unspecified atom stereocenters. The number of carbonyl (C=O) groups is 1. The lowest BCUT2D eigenvalue weighted by molar-refractivity contribution is 0.102. The largest absolute Gasteiger partial charge is 0.377 e. The normalized spacial score (nSPS) is 16.6. The molecule has 0 saturated carbocycles. The van der Waals surface area contributed by atoms with E-state index in [4.69, 9.17) is 16.3 Å². The third-order valence-corrected chi connectivity index (χ3v) is 6.81. The summed E-state index contributed by atoms with van der Waals surface area (Å²) in [4.78, 5) is 16.9. The molecule has 1 atom stereocenters. The monoisotopic (exact) mass is 445 g/mol. The molecule has 9 heteroatoms. The molecule has 3 aromatic rings. The van der Waals surface area contributed by atoms with Crippen LogP contribution in [0.1, 0.15) is 23.2 Å². The summed E-state index contributed by atoms with van der Waals surface area (Å²) in [6.07, 6.45) is 3.24. The minimum atomic E-state index is -3.89. The second-order valence-corrected chi connectivity index (χ2v) is 9.10. The van der Waals surface area contributed by atoms with Crippen LogP contribution in [0.3, 0.4) is 0 Å². The molecule has 1 saturated heterocycles. The summed E-state index contributed by atoms with van der Waals surface area (Å²) in [5.41, 5.74) is 1.51. The number of rotatable bonds is 6. The number of aromatic nitrogens is 1. The standard InChI is InChI=1S/C21H20ClN3O4S/c22-17-9-8-14(12-20(17)30(27,28)24-13-15-4-3-11-29-15)21(26)25-19-7-1-6-18-16(19)5-2-10-23-18/h1-2,5-10,12,15,24H,3-4,11,13H2,(H,25,26). The van der Waals surface area contributed by atoms with Gasteiger partial charge in [0.1, 0.15) is 4.90 Å². The first-order chi connectivity index (χ1) is 14.4. The summed E-state index contributed by atoms with van der Waals surface area (Å²) in [5, 5.41) is 3.65. The van der Waals surface area contributed by atoms with Crippen LogP contribution in [-0.2, 0) is 14.8 Å². The third kappa shape index (κ3) is 4.46. The lowest BCUT2D eigenvalue weighted by atomic mass is 10.1. The zero-order valence-electron chi connectivity index (χ0n) is 16.0. The molecule has 0 bridgehead atoms. The third-order valence-electron chi connectivity index (χ3n) is 4.90. The van der Waals surface area contributed by atoms with Crippen molar-refractivity contribution in [2.45, 2.75) is 23.8 Å². The summed E-state index contributed by atoms with van der Waals surface area (Å²) < 4.78 is 33.4. The average Bonchev–Trinajstić information content (AvgIpc) is 3.26. The highest BCUT2D eigenvalue weighted by atomic mass is 35.5. The highest BCUT2D eigenvalue weighted by molar-refractivity contribution is 7.89. The van der Waals surface area contributed by atoms with Crippen LogP contribution in [0.2, 0.25) is 5.02 Å². The summed E-state index contributed by atoms with van der Waals surface area (Å²) in [6.45, 7) is 0.796. The lowest BCUT2D eigenvalue weighted by Gasteiger charge is -2.13. The van der Waals surface area contributed by atoms with Crippen LogP contribution in [0.4, 0.5) is 5.69 Å². The minimum Gasteiger partial charge on any atom is -0.377 e. The van der Waals surface area contributed by atoms with Gasteiger partial charge in [0, 0.05) is 30.3 Å². The number of hydrogen-bond donors (Lipinski definition) is 2. The van der Waals surface area contributed by atoms with Crippen LogP contribution < -0.4 is 10.0 Å². The molecule has 0 aliphatic carbocycles. The molecule has 7 nitrogen and oxygen atoms in total. The maximum absolute atomic E-state index is 12.8. The Hall–Kier alpha value is -2.52. The minimum absolute atomic E-state index is 0.0424. The van der Waals surface area contributed by atoms with E-state index in [0.29, 0.717) is 12.3 Å². The van der Waals surface area contributed by atoms with Gasteiger partial charge in [-0.05, 0) is 55.3 Å². The Bertz CT molecular complexity index is 1190. The molecule has 1 aliphatic rings. The first-order valence-electron chi connectivity index (χ1n) is 9.50. The summed E-state index contributed by atoms with van der Waals surface area (Å²) >= 11 is 6.13. The summed E-state index contributed by atoms with van der Waals surface area (Å²) in [5.74, 6) is -0.446. The molecule has 1 aliphatic heterocycles. The number of halogens is 1. The number of sulfonamides is 1. The van der Waals surface area contributed by atoms with Gasteiger partial charge < -0.3 is 10.1 Å². The molecular weight excluding hydrogens is 426 g/mol. The van der Waals surface area contributed by atoms with Gasteiger partial charge in [0.2, 0.25) is 10.0 Å². The average molecular weight is 446 g/mol. The van der Waals surface area contributed by atoms with Crippen molar-refractivity contribution in [3.8, 4) is 0 Å². The SMILES string of the molecule is O=C(Nc1cccc2ncccc12)c1ccc(Cl)c(S(=O)(=O)NCC2CCCO2)c1. The highest BCUT2D eigenvalue weighted by Crippen LogP contribution is 2.25. The van der Waals surface area contributed by atoms with Gasteiger partial charge in [0.05, 0.1) is 22.3 Å². The van der Waals surface area contributed by atoms with E-state index in [9.17, 15) is 13.2 Å². The van der Waals surface area contributed by atoms with Crippen molar-refractivity contribution < 1.29 is 17.9 Å². The van der Waals surface area contributed by atoms with E-state index in [1.165, 1.54) is 18.2 Å². The van der Waals surface area contributed by atoms with Crippen molar-refractivity contribution in [3.63, 3.8) is 0 Å².